The van der Waals surface area contributed by atoms with Crippen molar-refractivity contribution in [3.8, 4) is 23.3 Å². The number of ether oxygens (including phenoxy) is 2. The summed E-state index contributed by atoms with van der Waals surface area (Å²) < 4.78 is 11.2. The molecule has 5 nitrogen and oxygen atoms in total. The topological polar surface area (TPSA) is 60.5 Å². The number of hydrogen-bond acceptors (Lipinski definition) is 4. The summed E-state index contributed by atoms with van der Waals surface area (Å²) >= 11 is 0. The van der Waals surface area contributed by atoms with Gasteiger partial charge in [0.1, 0.15) is 5.69 Å². The molecule has 0 saturated heterocycles. The molecule has 3 rings (SSSR count). The molecule has 0 fully saturated rings. The van der Waals surface area contributed by atoms with Gasteiger partial charge in [0.25, 0.3) is 5.91 Å². The number of hydrogen-bond donors (Lipinski definition) is 1. The second-order valence-corrected chi connectivity index (χ2v) is 7.40. The summed E-state index contributed by atoms with van der Waals surface area (Å²) in [6.07, 6.45) is 2.65. The third kappa shape index (κ3) is 6.61. The van der Waals surface area contributed by atoms with E-state index in [9.17, 15) is 4.79 Å². The summed E-state index contributed by atoms with van der Waals surface area (Å²) in [5.41, 5.74) is 2.63. The lowest BCUT2D eigenvalue weighted by Crippen LogP contribution is -2.12. The first-order valence-corrected chi connectivity index (χ1v) is 10.2. The second kappa shape index (κ2) is 10.8. The van der Waals surface area contributed by atoms with E-state index < -0.39 is 0 Å². The lowest BCUT2D eigenvalue weighted by Gasteiger charge is -2.13. The molecular formula is C26H26N2O3. The van der Waals surface area contributed by atoms with E-state index in [0.717, 1.165) is 12.0 Å². The smallest absolute Gasteiger partial charge is 0.255 e. The van der Waals surface area contributed by atoms with Gasteiger partial charge in [0.15, 0.2) is 11.5 Å². The second-order valence-electron chi connectivity index (χ2n) is 7.40. The van der Waals surface area contributed by atoms with Crippen LogP contribution in [0.15, 0.2) is 66.9 Å². The molecule has 0 aliphatic heterocycles. The third-order valence-electron chi connectivity index (χ3n) is 4.50. The highest BCUT2D eigenvalue weighted by Crippen LogP contribution is 2.29. The number of amides is 1. The zero-order valence-corrected chi connectivity index (χ0v) is 18.0. The minimum atomic E-state index is -0.234. The van der Waals surface area contributed by atoms with Crippen molar-refractivity contribution in [1.29, 1.82) is 0 Å². The van der Waals surface area contributed by atoms with Crippen LogP contribution in [-0.4, -0.2) is 24.6 Å². The van der Waals surface area contributed by atoms with Crippen molar-refractivity contribution in [2.45, 2.75) is 20.3 Å². The number of nitrogens with zero attached hydrogens (tertiary/aromatic N) is 1. The largest absolute Gasteiger partial charge is 0.493 e. The maximum atomic E-state index is 12.7. The zero-order chi connectivity index (χ0) is 22.1. The molecule has 0 aliphatic carbocycles. The maximum absolute atomic E-state index is 12.7. The first kappa shape index (κ1) is 21.9. The number of anilines is 1. The molecule has 0 atom stereocenters. The minimum absolute atomic E-state index is 0.234. The minimum Gasteiger partial charge on any atom is -0.493 e. The van der Waals surface area contributed by atoms with Gasteiger partial charge in [0.2, 0.25) is 0 Å². The Morgan fingerprint density at radius 2 is 1.90 bits per heavy atom. The fraction of sp³-hybridized carbons (Fsp3) is 0.231. The monoisotopic (exact) mass is 414 g/mol. The van der Waals surface area contributed by atoms with Gasteiger partial charge in [-0.05, 0) is 66.8 Å². The van der Waals surface area contributed by atoms with Crippen LogP contribution in [0.5, 0.6) is 11.5 Å². The number of nitrogens with one attached hydrogen (secondary N) is 1. The summed E-state index contributed by atoms with van der Waals surface area (Å²) in [4.78, 5) is 16.9. The fourth-order valence-corrected chi connectivity index (χ4v) is 2.78. The number of carbonyl (C=O) groups excluding carboxylic acids is 1. The average molecular weight is 415 g/mol. The Hall–Kier alpha value is -3.78. The average Bonchev–Trinajstić information content (AvgIpc) is 2.78. The highest BCUT2D eigenvalue weighted by molar-refractivity contribution is 6.04. The molecular weight excluding hydrogens is 388 g/mol. The van der Waals surface area contributed by atoms with Crippen LogP contribution in [0.25, 0.3) is 0 Å². The molecule has 5 heteroatoms. The van der Waals surface area contributed by atoms with Crippen LogP contribution in [0.1, 0.15) is 41.9 Å². The van der Waals surface area contributed by atoms with Gasteiger partial charge in [-0.3, -0.25) is 4.79 Å². The van der Waals surface area contributed by atoms with Gasteiger partial charge in [-0.15, -0.1) is 0 Å². The molecule has 0 radical (unpaired) electrons. The number of benzene rings is 2. The predicted octanol–water partition coefficient (Wildman–Crippen LogP) is 5.17. The predicted molar refractivity (Wildman–Crippen MR) is 123 cm³/mol. The van der Waals surface area contributed by atoms with Gasteiger partial charge in [-0.1, -0.05) is 31.9 Å². The van der Waals surface area contributed by atoms with Crippen molar-refractivity contribution in [2.24, 2.45) is 5.92 Å². The Morgan fingerprint density at radius 3 is 2.65 bits per heavy atom. The molecule has 0 bridgehead atoms. The zero-order valence-electron chi connectivity index (χ0n) is 18.0. The Balaban J connectivity index is 1.69. The highest BCUT2D eigenvalue weighted by atomic mass is 16.5. The number of methoxy groups -OCH3 is 1. The maximum Gasteiger partial charge on any atom is 0.255 e. The van der Waals surface area contributed by atoms with E-state index in [1.54, 1.807) is 31.5 Å². The van der Waals surface area contributed by atoms with Crippen LogP contribution in [-0.2, 0) is 0 Å². The highest BCUT2D eigenvalue weighted by Gasteiger charge is 2.12. The van der Waals surface area contributed by atoms with E-state index >= 15 is 0 Å². The fourth-order valence-electron chi connectivity index (χ4n) is 2.78. The van der Waals surface area contributed by atoms with Crippen molar-refractivity contribution >= 4 is 11.6 Å². The normalized spacial score (nSPS) is 10.2. The van der Waals surface area contributed by atoms with Crippen molar-refractivity contribution in [1.82, 2.24) is 4.98 Å². The van der Waals surface area contributed by atoms with Crippen LogP contribution < -0.4 is 14.8 Å². The molecule has 1 N–H and O–H groups in total. The molecule has 0 spiro atoms. The Morgan fingerprint density at radius 1 is 1.03 bits per heavy atom. The van der Waals surface area contributed by atoms with Crippen LogP contribution >= 0.6 is 0 Å². The Kier molecular flexibility index (Phi) is 7.67. The van der Waals surface area contributed by atoms with E-state index in [2.05, 4.69) is 36.0 Å². The van der Waals surface area contributed by atoms with Gasteiger partial charge in [-0.25, -0.2) is 4.98 Å². The molecule has 1 aromatic heterocycles. The summed E-state index contributed by atoms with van der Waals surface area (Å²) in [6, 6.07) is 18.2. The number of carbonyl (C=O) groups is 1. The Bertz CT molecular complexity index is 1080. The van der Waals surface area contributed by atoms with Crippen molar-refractivity contribution in [3.05, 3.63) is 83.7 Å². The van der Waals surface area contributed by atoms with Gasteiger partial charge < -0.3 is 14.8 Å². The van der Waals surface area contributed by atoms with Gasteiger partial charge in [0.05, 0.1) is 13.7 Å². The number of pyridine rings is 1. The van der Waals surface area contributed by atoms with E-state index in [1.165, 1.54) is 0 Å². The van der Waals surface area contributed by atoms with Crippen LogP contribution in [0.3, 0.4) is 0 Å². The molecule has 3 aromatic rings. The SMILES string of the molecule is COc1cc(C(=O)Nc2cccc(C#Cc3ccccn3)c2)ccc1OCCC(C)C. The molecule has 31 heavy (non-hydrogen) atoms. The van der Waals surface area contributed by atoms with E-state index in [4.69, 9.17) is 9.47 Å². The first-order valence-electron chi connectivity index (χ1n) is 10.2. The van der Waals surface area contributed by atoms with Crippen molar-refractivity contribution in [2.75, 3.05) is 19.0 Å². The Labute approximate surface area is 183 Å². The molecule has 158 valence electrons. The molecule has 0 aliphatic rings. The lowest BCUT2D eigenvalue weighted by molar-refractivity contribution is 0.102. The van der Waals surface area contributed by atoms with Gasteiger partial charge in [-0.2, -0.15) is 0 Å². The summed E-state index contributed by atoms with van der Waals surface area (Å²) in [5.74, 6) is 7.57. The molecule has 0 unspecified atom stereocenters. The van der Waals surface area contributed by atoms with E-state index in [-0.39, 0.29) is 5.91 Å². The first-order chi connectivity index (χ1) is 15.0. The van der Waals surface area contributed by atoms with Crippen LogP contribution in [0.2, 0.25) is 0 Å². The molecule has 1 amide bonds. The lowest BCUT2D eigenvalue weighted by atomic mass is 10.1. The van der Waals surface area contributed by atoms with Crippen LogP contribution in [0, 0.1) is 17.8 Å². The van der Waals surface area contributed by atoms with Gasteiger partial charge in [0, 0.05) is 23.0 Å². The third-order valence-corrected chi connectivity index (χ3v) is 4.50. The molecule has 1 heterocycles. The van der Waals surface area contributed by atoms with E-state index in [1.807, 2.05) is 42.5 Å². The summed E-state index contributed by atoms with van der Waals surface area (Å²) in [7, 11) is 1.57. The standard InChI is InChI=1S/C26H26N2O3/c1-19(2)14-16-31-24-13-11-21(18-25(24)30-3)26(29)28-23-9-6-7-20(17-23)10-12-22-8-4-5-15-27-22/h4-9,11,13,15,17-19H,14,16H2,1-3H3,(H,28,29). The van der Waals surface area contributed by atoms with Crippen molar-refractivity contribution in [3.63, 3.8) is 0 Å². The quantitative estimate of drug-likeness (QED) is 0.542. The summed E-state index contributed by atoms with van der Waals surface area (Å²) in [6.45, 7) is 4.90. The summed E-state index contributed by atoms with van der Waals surface area (Å²) in [5, 5.41) is 2.91. The molecule has 0 saturated carbocycles. The van der Waals surface area contributed by atoms with Crippen molar-refractivity contribution < 1.29 is 14.3 Å². The van der Waals surface area contributed by atoms with Crippen LogP contribution in [0.4, 0.5) is 5.69 Å². The number of aromatic nitrogens is 1. The number of rotatable bonds is 7. The van der Waals surface area contributed by atoms with E-state index in [0.29, 0.717) is 41.0 Å². The molecule has 2 aromatic carbocycles. The van der Waals surface area contributed by atoms with Gasteiger partial charge >= 0.3 is 0 Å².